The van der Waals surface area contributed by atoms with Crippen molar-refractivity contribution in [3.05, 3.63) is 29.8 Å². The number of nitrogens with zero attached hydrogens (tertiary/aromatic N) is 1. The normalized spacial score (nSPS) is 13.0. The molecule has 0 aliphatic heterocycles. The molecule has 0 fully saturated rings. The SMILES string of the molecule is CC(C(=O)Nc1ccc(C(N)=S)cc1)N(C)CC(C)(C)O. The van der Waals surface area contributed by atoms with Gasteiger partial charge in [0.05, 0.1) is 11.6 Å². The molecule has 0 aliphatic rings. The number of amides is 1. The molecule has 0 bridgehead atoms. The Labute approximate surface area is 131 Å². The van der Waals surface area contributed by atoms with E-state index in [4.69, 9.17) is 18.0 Å². The summed E-state index contributed by atoms with van der Waals surface area (Å²) in [5.74, 6) is -0.134. The summed E-state index contributed by atoms with van der Waals surface area (Å²) in [5, 5.41) is 12.6. The molecule has 1 unspecified atom stereocenters. The van der Waals surface area contributed by atoms with E-state index in [9.17, 15) is 9.90 Å². The number of nitrogens with one attached hydrogen (secondary N) is 1. The largest absolute Gasteiger partial charge is 0.389 e. The van der Waals surface area contributed by atoms with Gasteiger partial charge in [-0.1, -0.05) is 12.2 Å². The molecule has 6 heteroatoms. The fourth-order valence-electron chi connectivity index (χ4n) is 1.91. The summed E-state index contributed by atoms with van der Waals surface area (Å²) >= 11 is 4.88. The highest BCUT2D eigenvalue weighted by molar-refractivity contribution is 7.80. The minimum Gasteiger partial charge on any atom is -0.389 e. The average molecular weight is 309 g/mol. The lowest BCUT2D eigenvalue weighted by atomic mass is 10.1. The number of aliphatic hydroxyl groups is 1. The summed E-state index contributed by atoms with van der Waals surface area (Å²) in [6.07, 6.45) is 0. The quantitative estimate of drug-likeness (QED) is 0.691. The van der Waals surface area contributed by atoms with Crippen molar-refractivity contribution < 1.29 is 9.90 Å². The van der Waals surface area contributed by atoms with Crippen LogP contribution < -0.4 is 11.1 Å². The third-order valence-corrected chi connectivity index (χ3v) is 3.35. The van der Waals surface area contributed by atoms with E-state index in [0.717, 1.165) is 5.56 Å². The third-order valence-electron chi connectivity index (χ3n) is 3.11. The molecule has 21 heavy (non-hydrogen) atoms. The Balaban J connectivity index is 2.65. The van der Waals surface area contributed by atoms with Crippen LogP contribution in [0.1, 0.15) is 26.3 Å². The van der Waals surface area contributed by atoms with E-state index < -0.39 is 5.60 Å². The molecule has 1 aromatic carbocycles. The molecule has 116 valence electrons. The van der Waals surface area contributed by atoms with Crippen molar-refractivity contribution in [2.24, 2.45) is 5.73 Å². The zero-order valence-corrected chi connectivity index (χ0v) is 13.7. The minimum atomic E-state index is -0.845. The van der Waals surface area contributed by atoms with Gasteiger partial charge in [0.15, 0.2) is 0 Å². The van der Waals surface area contributed by atoms with Crippen molar-refractivity contribution in [3.8, 4) is 0 Å². The minimum absolute atomic E-state index is 0.134. The monoisotopic (exact) mass is 309 g/mol. The number of hydrogen-bond acceptors (Lipinski definition) is 4. The van der Waals surface area contributed by atoms with E-state index in [0.29, 0.717) is 17.2 Å². The van der Waals surface area contributed by atoms with Crippen molar-refractivity contribution in [2.45, 2.75) is 32.4 Å². The van der Waals surface area contributed by atoms with E-state index in [1.165, 1.54) is 0 Å². The van der Waals surface area contributed by atoms with Crippen LogP contribution in [0.15, 0.2) is 24.3 Å². The summed E-state index contributed by atoms with van der Waals surface area (Å²) in [4.78, 5) is 14.3. The molecule has 1 aromatic rings. The van der Waals surface area contributed by atoms with Gasteiger partial charge in [0.2, 0.25) is 5.91 Å². The Bertz CT molecular complexity index is 509. The number of hydrogen-bond donors (Lipinski definition) is 3. The molecule has 1 atom stereocenters. The van der Waals surface area contributed by atoms with Crippen LogP contribution in [-0.4, -0.2) is 46.1 Å². The molecule has 0 aliphatic carbocycles. The van der Waals surface area contributed by atoms with Crippen molar-refractivity contribution in [3.63, 3.8) is 0 Å². The molecule has 4 N–H and O–H groups in total. The Hall–Kier alpha value is -1.50. The van der Waals surface area contributed by atoms with Crippen molar-refractivity contribution in [1.82, 2.24) is 4.90 Å². The highest BCUT2D eigenvalue weighted by Gasteiger charge is 2.23. The fourth-order valence-corrected chi connectivity index (χ4v) is 2.05. The molecule has 0 heterocycles. The standard InChI is InChI=1S/C15H23N3O2S/c1-10(18(4)9-15(2,3)20)14(19)17-12-7-5-11(6-8-12)13(16)21/h5-8,10,20H,9H2,1-4H3,(H2,16,21)(H,17,19). The van der Waals surface area contributed by atoms with Crippen LogP contribution in [0.25, 0.3) is 0 Å². The van der Waals surface area contributed by atoms with Gasteiger partial charge in [-0.2, -0.15) is 0 Å². The Kier molecular flexibility index (Phi) is 5.83. The third kappa shape index (κ3) is 5.79. The van der Waals surface area contributed by atoms with Gasteiger partial charge < -0.3 is 16.2 Å². The molecule has 0 saturated carbocycles. The first kappa shape index (κ1) is 17.6. The number of likely N-dealkylation sites (N-methyl/N-ethyl adjacent to an activating group) is 1. The van der Waals surface area contributed by atoms with Gasteiger partial charge >= 0.3 is 0 Å². The second-order valence-electron chi connectivity index (χ2n) is 5.83. The predicted molar refractivity (Wildman–Crippen MR) is 89.3 cm³/mol. The molecule has 0 saturated heterocycles. The lowest BCUT2D eigenvalue weighted by Gasteiger charge is -2.29. The Morgan fingerprint density at radius 3 is 2.38 bits per heavy atom. The second-order valence-corrected chi connectivity index (χ2v) is 6.27. The molecule has 1 rings (SSSR count). The van der Waals surface area contributed by atoms with Gasteiger partial charge in [0, 0.05) is 17.8 Å². The molecule has 0 aromatic heterocycles. The summed E-state index contributed by atoms with van der Waals surface area (Å²) in [7, 11) is 1.80. The number of rotatable bonds is 6. The molecule has 0 spiro atoms. The van der Waals surface area contributed by atoms with Crippen LogP contribution in [-0.2, 0) is 4.79 Å². The maximum atomic E-state index is 12.2. The van der Waals surface area contributed by atoms with Crippen LogP contribution in [0.2, 0.25) is 0 Å². The zero-order valence-electron chi connectivity index (χ0n) is 12.9. The molecule has 5 nitrogen and oxygen atoms in total. The van der Waals surface area contributed by atoms with Gasteiger partial charge in [-0.05, 0) is 52.1 Å². The number of nitrogens with two attached hydrogens (primary N) is 1. The first-order chi connectivity index (χ1) is 9.60. The maximum Gasteiger partial charge on any atom is 0.241 e. The van der Waals surface area contributed by atoms with Gasteiger partial charge in [0.1, 0.15) is 4.99 Å². The fraction of sp³-hybridized carbons (Fsp3) is 0.467. The summed E-state index contributed by atoms with van der Waals surface area (Å²) in [6, 6.07) is 6.70. The maximum absolute atomic E-state index is 12.2. The van der Waals surface area contributed by atoms with E-state index in [-0.39, 0.29) is 11.9 Å². The second kappa shape index (κ2) is 6.98. The number of anilines is 1. The van der Waals surface area contributed by atoms with E-state index in [2.05, 4.69) is 5.32 Å². The lowest BCUT2D eigenvalue weighted by Crippen LogP contribution is -2.46. The first-order valence-corrected chi connectivity index (χ1v) is 7.14. The number of thiocarbonyl (C=S) groups is 1. The van der Waals surface area contributed by atoms with Gasteiger partial charge in [-0.25, -0.2) is 0 Å². The average Bonchev–Trinajstić information content (AvgIpc) is 2.36. The van der Waals surface area contributed by atoms with Gasteiger partial charge in [0.25, 0.3) is 0 Å². The van der Waals surface area contributed by atoms with Crippen LogP contribution in [0.4, 0.5) is 5.69 Å². The number of benzene rings is 1. The van der Waals surface area contributed by atoms with E-state index in [1.807, 2.05) is 0 Å². The van der Waals surface area contributed by atoms with E-state index >= 15 is 0 Å². The summed E-state index contributed by atoms with van der Waals surface area (Å²) in [5.41, 5.74) is 6.12. The first-order valence-electron chi connectivity index (χ1n) is 6.73. The van der Waals surface area contributed by atoms with Gasteiger partial charge in [-0.3, -0.25) is 9.69 Å². The van der Waals surface area contributed by atoms with Crippen LogP contribution in [0.3, 0.4) is 0 Å². The van der Waals surface area contributed by atoms with Crippen LogP contribution in [0.5, 0.6) is 0 Å². The highest BCUT2D eigenvalue weighted by atomic mass is 32.1. The van der Waals surface area contributed by atoms with Crippen LogP contribution >= 0.6 is 12.2 Å². The Morgan fingerprint density at radius 1 is 1.43 bits per heavy atom. The lowest BCUT2D eigenvalue weighted by molar-refractivity contribution is -0.121. The summed E-state index contributed by atoms with van der Waals surface area (Å²) < 4.78 is 0. The topological polar surface area (TPSA) is 78.6 Å². The number of carbonyl (C=O) groups is 1. The smallest absolute Gasteiger partial charge is 0.241 e. The zero-order chi connectivity index (χ0) is 16.2. The summed E-state index contributed by atoms with van der Waals surface area (Å²) in [6.45, 7) is 5.62. The number of carbonyl (C=O) groups excluding carboxylic acids is 1. The van der Waals surface area contributed by atoms with Gasteiger partial charge in [-0.15, -0.1) is 0 Å². The van der Waals surface area contributed by atoms with Crippen molar-refractivity contribution >= 4 is 28.8 Å². The Morgan fingerprint density at radius 2 is 1.95 bits per heavy atom. The molecule has 1 amide bonds. The highest BCUT2D eigenvalue weighted by Crippen LogP contribution is 2.12. The van der Waals surface area contributed by atoms with Crippen molar-refractivity contribution in [2.75, 3.05) is 18.9 Å². The molecule has 0 radical (unpaired) electrons. The molecular formula is C15H23N3O2S. The predicted octanol–water partition coefficient (Wildman–Crippen LogP) is 1.35. The van der Waals surface area contributed by atoms with Crippen LogP contribution in [0, 0.1) is 0 Å². The van der Waals surface area contributed by atoms with Crippen molar-refractivity contribution in [1.29, 1.82) is 0 Å². The van der Waals surface area contributed by atoms with E-state index in [1.54, 1.807) is 57.0 Å². The molecular weight excluding hydrogens is 286 g/mol.